The molecule has 7 nitrogen and oxygen atoms in total. The fourth-order valence-electron chi connectivity index (χ4n) is 2.91. The van der Waals surface area contributed by atoms with Crippen molar-refractivity contribution in [1.82, 2.24) is 14.7 Å². The summed E-state index contributed by atoms with van der Waals surface area (Å²) in [6.45, 7) is 2.78. The zero-order valence-electron chi connectivity index (χ0n) is 14.8. The fraction of sp³-hybridized carbons (Fsp3) is 0.368. The zero-order chi connectivity index (χ0) is 18.5. The lowest BCUT2D eigenvalue weighted by molar-refractivity contribution is -0.138. The Morgan fingerprint density at radius 2 is 1.73 bits per heavy atom. The molecule has 7 heteroatoms. The van der Waals surface area contributed by atoms with Crippen LogP contribution in [0.25, 0.3) is 0 Å². The molecule has 136 valence electrons. The molecule has 3 amide bonds. The molecule has 1 aromatic carbocycles. The number of aryl methyl sites for hydroxylation is 1. The number of anilines is 1. The van der Waals surface area contributed by atoms with Gasteiger partial charge in [0.25, 0.3) is 0 Å². The Bertz CT molecular complexity index is 794. The molecule has 1 aliphatic heterocycles. The summed E-state index contributed by atoms with van der Waals surface area (Å²) < 4.78 is 1.71. The molecule has 1 aromatic heterocycles. The van der Waals surface area contributed by atoms with Crippen molar-refractivity contribution in [2.24, 2.45) is 0 Å². The Morgan fingerprint density at radius 1 is 1.08 bits per heavy atom. The van der Waals surface area contributed by atoms with Gasteiger partial charge in [0.1, 0.15) is 5.82 Å². The molecule has 2 aromatic rings. The second-order valence-corrected chi connectivity index (χ2v) is 6.28. The molecular formula is C19H22N4O3. The van der Waals surface area contributed by atoms with E-state index in [9.17, 15) is 14.4 Å². The normalized spacial score (nSPS) is 14.1. The van der Waals surface area contributed by atoms with Crippen LogP contribution in [-0.2, 0) is 27.3 Å². The molecule has 2 heterocycles. The van der Waals surface area contributed by atoms with E-state index in [-0.39, 0.29) is 43.5 Å². The molecule has 0 bridgehead atoms. The molecule has 26 heavy (non-hydrogen) atoms. The summed E-state index contributed by atoms with van der Waals surface area (Å²) in [5.74, 6) is -0.0686. The highest BCUT2D eigenvalue weighted by Crippen LogP contribution is 2.14. The number of amides is 3. The van der Waals surface area contributed by atoms with Crippen molar-refractivity contribution in [2.75, 3.05) is 11.9 Å². The van der Waals surface area contributed by atoms with E-state index in [4.69, 9.17) is 0 Å². The topological polar surface area (TPSA) is 84.3 Å². The maximum absolute atomic E-state index is 12.2. The van der Waals surface area contributed by atoms with Crippen molar-refractivity contribution in [3.05, 3.63) is 47.7 Å². The Hall–Kier alpha value is -2.96. The van der Waals surface area contributed by atoms with E-state index in [0.29, 0.717) is 12.4 Å². The van der Waals surface area contributed by atoms with E-state index in [1.54, 1.807) is 16.9 Å². The molecular weight excluding hydrogens is 332 g/mol. The van der Waals surface area contributed by atoms with Gasteiger partial charge in [-0.2, -0.15) is 5.10 Å². The number of benzene rings is 1. The number of rotatable bonds is 7. The molecule has 0 aliphatic carbocycles. The first kappa shape index (κ1) is 17.8. The van der Waals surface area contributed by atoms with Gasteiger partial charge < -0.3 is 5.32 Å². The number of nitrogens with one attached hydrogen (secondary N) is 1. The summed E-state index contributed by atoms with van der Waals surface area (Å²) >= 11 is 0. The van der Waals surface area contributed by atoms with Crippen LogP contribution in [0.3, 0.4) is 0 Å². The SMILES string of the molecule is CCc1ccc(Cn2nccc2NC(=O)CCN2C(=O)CCC2=O)cc1. The quantitative estimate of drug-likeness (QED) is 0.771. The number of aromatic nitrogens is 2. The van der Waals surface area contributed by atoms with Gasteiger partial charge in [-0.15, -0.1) is 0 Å². The Balaban J connectivity index is 1.56. The highest BCUT2D eigenvalue weighted by Gasteiger charge is 2.28. The first-order valence-electron chi connectivity index (χ1n) is 8.79. The predicted molar refractivity (Wildman–Crippen MR) is 96.3 cm³/mol. The lowest BCUT2D eigenvalue weighted by Crippen LogP contribution is -2.32. The number of carbonyl (C=O) groups excluding carboxylic acids is 3. The Labute approximate surface area is 152 Å². The highest BCUT2D eigenvalue weighted by atomic mass is 16.2. The van der Waals surface area contributed by atoms with Crippen LogP contribution < -0.4 is 5.32 Å². The smallest absolute Gasteiger partial charge is 0.229 e. The largest absolute Gasteiger partial charge is 0.311 e. The van der Waals surface area contributed by atoms with Gasteiger partial charge in [-0.3, -0.25) is 19.3 Å². The standard InChI is InChI=1S/C19H22N4O3/c1-2-14-3-5-15(6-4-14)13-23-16(9-11-20-23)21-17(24)10-12-22-18(25)7-8-19(22)26/h3-6,9,11H,2,7-8,10,12-13H2,1H3,(H,21,24). The monoisotopic (exact) mass is 354 g/mol. The van der Waals surface area contributed by atoms with Gasteiger partial charge in [0, 0.05) is 31.9 Å². The van der Waals surface area contributed by atoms with Crippen LogP contribution in [0.5, 0.6) is 0 Å². The summed E-state index contributed by atoms with van der Waals surface area (Å²) in [4.78, 5) is 36.5. The third-order valence-electron chi connectivity index (χ3n) is 4.46. The number of hydrogen-bond acceptors (Lipinski definition) is 4. The van der Waals surface area contributed by atoms with Gasteiger partial charge in [0.15, 0.2) is 0 Å². The van der Waals surface area contributed by atoms with Crippen LogP contribution in [0.15, 0.2) is 36.5 Å². The van der Waals surface area contributed by atoms with Crippen molar-refractivity contribution in [3.8, 4) is 0 Å². The molecule has 0 spiro atoms. The average molecular weight is 354 g/mol. The fourth-order valence-corrected chi connectivity index (χ4v) is 2.91. The molecule has 1 saturated heterocycles. The molecule has 1 fully saturated rings. The number of likely N-dealkylation sites (tertiary alicyclic amines) is 1. The molecule has 0 radical (unpaired) electrons. The molecule has 0 atom stereocenters. The third-order valence-corrected chi connectivity index (χ3v) is 4.46. The minimum Gasteiger partial charge on any atom is -0.311 e. The Morgan fingerprint density at radius 3 is 2.38 bits per heavy atom. The van der Waals surface area contributed by atoms with Crippen LogP contribution >= 0.6 is 0 Å². The number of carbonyl (C=O) groups is 3. The van der Waals surface area contributed by atoms with Gasteiger partial charge in [-0.25, -0.2) is 4.68 Å². The van der Waals surface area contributed by atoms with Crippen molar-refractivity contribution < 1.29 is 14.4 Å². The molecule has 0 saturated carbocycles. The third kappa shape index (κ3) is 4.17. The van der Waals surface area contributed by atoms with Gasteiger partial charge >= 0.3 is 0 Å². The first-order valence-corrected chi connectivity index (χ1v) is 8.79. The van der Waals surface area contributed by atoms with E-state index in [0.717, 1.165) is 16.9 Å². The summed E-state index contributed by atoms with van der Waals surface area (Å²) in [6.07, 6.45) is 3.18. The van der Waals surface area contributed by atoms with Crippen LogP contribution in [-0.4, -0.2) is 38.9 Å². The van der Waals surface area contributed by atoms with Crippen molar-refractivity contribution in [2.45, 2.75) is 39.2 Å². The van der Waals surface area contributed by atoms with Crippen LogP contribution in [0, 0.1) is 0 Å². The average Bonchev–Trinajstić information content (AvgIpc) is 3.20. The van der Waals surface area contributed by atoms with Crippen molar-refractivity contribution in [1.29, 1.82) is 0 Å². The maximum Gasteiger partial charge on any atom is 0.229 e. The lowest BCUT2D eigenvalue weighted by atomic mass is 10.1. The maximum atomic E-state index is 12.2. The van der Waals surface area contributed by atoms with Crippen LogP contribution in [0.2, 0.25) is 0 Å². The van der Waals surface area contributed by atoms with E-state index in [1.165, 1.54) is 5.56 Å². The van der Waals surface area contributed by atoms with E-state index in [2.05, 4.69) is 41.6 Å². The first-order chi connectivity index (χ1) is 12.6. The van der Waals surface area contributed by atoms with Crippen LogP contribution in [0.4, 0.5) is 5.82 Å². The number of imide groups is 1. The lowest BCUT2D eigenvalue weighted by Gasteiger charge is -2.14. The second-order valence-electron chi connectivity index (χ2n) is 6.28. The molecule has 1 aliphatic rings. The van der Waals surface area contributed by atoms with Gasteiger partial charge in [-0.05, 0) is 17.5 Å². The second kappa shape index (κ2) is 7.95. The summed E-state index contributed by atoms with van der Waals surface area (Å²) in [5, 5.41) is 7.05. The Kier molecular flexibility index (Phi) is 5.46. The minimum atomic E-state index is -0.249. The zero-order valence-corrected chi connectivity index (χ0v) is 14.8. The number of nitrogens with zero attached hydrogens (tertiary/aromatic N) is 3. The molecule has 0 unspecified atom stereocenters. The summed E-state index contributed by atoms with van der Waals surface area (Å²) in [5.41, 5.74) is 2.36. The van der Waals surface area contributed by atoms with Crippen LogP contribution in [0.1, 0.15) is 37.3 Å². The minimum absolute atomic E-state index is 0.0772. The summed E-state index contributed by atoms with van der Waals surface area (Å²) in [7, 11) is 0. The van der Waals surface area contributed by atoms with E-state index < -0.39 is 0 Å². The molecule has 1 N–H and O–H groups in total. The van der Waals surface area contributed by atoms with Gasteiger partial charge in [-0.1, -0.05) is 31.2 Å². The van der Waals surface area contributed by atoms with Crippen molar-refractivity contribution in [3.63, 3.8) is 0 Å². The van der Waals surface area contributed by atoms with Gasteiger partial charge in [0.2, 0.25) is 17.7 Å². The number of hydrogen-bond donors (Lipinski definition) is 1. The molecule has 3 rings (SSSR count). The van der Waals surface area contributed by atoms with E-state index in [1.807, 2.05) is 0 Å². The van der Waals surface area contributed by atoms with Gasteiger partial charge in [0.05, 0.1) is 12.7 Å². The predicted octanol–water partition coefficient (Wildman–Crippen LogP) is 1.97. The highest BCUT2D eigenvalue weighted by molar-refractivity contribution is 6.02. The summed E-state index contributed by atoms with van der Waals surface area (Å²) in [6, 6.07) is 10.0. The van der Waals surface area contributed by atoms with E-state index >= 15 is 0 Å². The van der Waals surface area contributed by atoms with Crippen molar-refractivity contribution >= 4 is 23.5 Å².